The molecule has 0 fully saturated rings. The molecule has 0 spiro atoms. The zero-order valence-electron chi connectivity index (χ0n) is 7.61. The van der Waals surface area contributed by atoms with Gasteiger partial charge in [-0.1, -0.05) is 29.4 Å². The molecule has 0 heterocycles. The fraction of sp³-hybridized carbons (Fsp3) is 0.222. The Morgan fingerprint density at radius 1 is 1.50 bits per heavy atom. The first-order valence-corrected chi connectivity index (χ1v) is 5.51. The third-order valence-corrected chi connectivity index (χ3v) is 2.48. The van der Waals surface area contributed by atoms with E-state index in [-0.39, 0.29) is 0 Å². The Hall–Kier alpha value is -0.710. The van der Waals surface area contributed by atoms with Crippen LogP contribution in [0.25, 0.3) is 0 Å². The van der Waals surface area contributed by atoms with Crippen molar-refractivity contribution in [2.24, 2.45) is 16.5 Å². The summed E-state index contributed by atoms with van der Waals surface area (Å²) >= 11 is 7.23. The molecule has 0 aliphatic heterocycles. The Morgan fingerprint density at radius 3 is 2.93 bits per heavy atom. The Labute approximate surface area is 92.5 Å². The van der Waals surface area contributed by atoms with Gasteiger partial charge in [-0.2, -0.15) is 0 Å². The molecule has 0 saturated carbocycles. The molecule has 0 atom stereocenters. The zero-order chi connectivity index (χ0) is 10.4. The SMILES string of the molecule is NCCSC(N)=Nc1cccc(Cl)c1. The van der Waals surface area contributed by atoms with Crippen LogP contribution in [0.2, 0.25) is 5.02 Å². The van der Waals surface area contributed by atoms with Crippen molar-refractivity contribution in [3.63, 3.8) is 0 Å². The molecule has 4 N–H and O–H groups in total. The molecule has 3 nitrogen and oxygen atoms in total. The smallest absolute Gasteiger partial charge is 0.159 e. The van der Waals surface area contributed by atoms with Crippen LogP contribution in [0.3, 0.4) is 0 Å². The van der Waals surface area contributed by atoms with E-state index in [0.717, 1.165) is 11.4 Å². The molecule has 5 heteroatoms. The summed E-state index contributed by atoms with van der Waals surface area (Å²) in [5, 5.41) is 1.17. The van der Waals surface area contributed by atoms with Crippen LogP contribution in [0.5, 0.6) is 0 Å². The van der Waals surface area contributed by atoms with Crippen molar-refractivity contribution in [1.82, 2.24) is 0 Å². The molecule has 0 aromatic heterocycles. The van der Waals surface area contributed by atoms with Crippen LogP contribution in [-0.4, -0.2) is 17.5 Å². The van der Waals surface area contributed by atoms with Gasteiger partial charge in [0.25, 0.3) is 0 Å². The largest absolute Gasteiger partial charge is 0.378 e. The maximum atomic E-state index is 5.80. The number of rotatable bonds is 3. The van der Waals surface area contributed by atoms with Crippen LogP contribution in [-0.2, 0) is 0 Å². The minimum atomic E-state index is 0.512. The minimum Gasteiger partial charge on any atom is -0.378 e. The summed E-state index contributed by atoms with van der Waals surface area (Å²) in [6.45, 7) is 0.594. The number of nitrogens with two attached hydrogens (primary N) is 2. The molecule has 0 saturated heterocycles. The van der Waals surface area contributed by atoms with E-state index >= 15 is 0 Å². The van der Waals surface area contributed by atoms with Gasteiger partial charge >= 0.3 is 0 Å². The average molecular weight is 230 g/mol. The summed E-state index contributed by atoms with van der Waals surface area (Å²) in [7, 11) is 0. The number of halogens is 1. The van der Waals surface area contributed by atoms with E-state index < -0.39 is 0 Å². The fourth-order valence-corrected chi connectivity index (χ4v) is 1.55. The van der Waals surface area contributed by atoms with Crippen molar-refractivity contribution in [2.45, 2.75) is 0 Å². The Morgan fingerprint density at radius 2 is 2.29 bits per heavy atom. The molecular weight excluding hydrogens is 218 g/mol. The normalized spacial score (nSPS) is 11.7. The molecule has 0 aliphatic carbocycles. The topological polar surface area (TPSA) is 64.4 Å². The number of thioether (sulfide) groups is 1. The van der Waals surface area contributed by atoms with E-state index in [0.29, 0.717) is 16.7 Å². The quantitative estimate of drug-likeness (QED) is 0.615. The first-order chi connectivity index (χ1) is 6.72. The fourth-order valence-electron chi connectivity index (χ4n) is 0.869. The first kappa shape index (κ1) is 11.4. The summed E-state index contributed by atoms with van der Waals surface area (Å²) in [5.74, 6) is 0.774. The van der Waals surface area contributed by atoms with Crippen LogP contribution in [0.1, 0.15) is 0 Å². The Bertz CT molecular complexity index is 328. The van der Waals surface area contributed by atoms with E-state index in [1.54, 1.807) is 12.1 Å². The summed E-state index contributed by atoms with van der Waals surface area (Å²) in [4.78, 5) is 4.17. The zero-order valence-corrected chi connectivity index (χ0v) is 9.18. The number of benzene rings is 1. The second-order valence-corrected chi connectivity index (χ2v) is 4.12. The van der Waals surface area contributed by atoms with Gasteiger partial charge in [0.2, 0.25) is 0 Å². The molecule has 0 bridgehead atoms. The molecule has 1 rings (SSSR count). The summed E-state index contributed by atoms with van der Waals surface area (Å²) in [6.07, 6.45) is 0. The molecule has 0 unspecified atom stereocenters. The summed E-state index contributed by atoms with van der Waals surface area (Å²) in [6, 6.07) is 7.24. The summed E-state index contributed by atoms with van der Waals surface area (Å²) in [5.41, 5.74) is 11.8. The standard InChI is InChI=1S/C9H12ClN3S/c10-7-2-1-3-8(6-7)13-9(12)14-5-4-11/h1-3,6H,4-5,11H2,(H2,12,13). The highest BCUT2D eigenvalue weighted by atomic mass is 35.5. The molecular formula is C9H12ClN3S. The number of hydrogen-bond donors (Lipinski definition) is 2. The molecule has 76 valence electrons. The molecule has 1 aromatic carbocycles. The Kier molecular flexibility index (Phi) is 4.79. The minimum absolute atomic E-state index is 0.512. The highest BCUT2D eigenvalue weighted by Gasteiger charge is 1.95. The van der Waals surface area contributed by atoms with Crippen LogP contribution in [0, 0.1) is 0 Å². The Balaban J connectivity index is 2.66. The van der Waals surface area contributed by atoms with Crippen molar-refractivity contribution in [3.8, 4) is 0 Å². The van der Waals surface area contributed by atoms with Gasteiger partial charge in [-0.3, -0.25) is 0 Å². The molecule has 0 radical (unpaired) electrons. The number of aliphatic imine (C=N–C) groups is 1. The second kappa shape index (κ2) is 5.90. The van der Waals surface area contributed by atoms with Crippen LogP contribution >= 0.6 is 23.4 Å². The van der Waals surface area contributed by atoms with Gasteiger partial charge in [-0.25, -0.2) is 4.99 Å². The van der Waals surface area contributed by atoms with Crippen LogP contribution < -0.4 is 11.5 Å². The van der Waals surface area contributed by atoms with Gasteiger partial charge in [0.05, 0.1) is 5.69 Å². The maximum Gasteiger partial charge on any atom is 0.159 e. The van der Waals surface area contributed by atoms with Crippen molar-refractivity contribution in [1.29, 1.82) is 0 Å². The monoisotopic (exact) mass is 229 g/mol. The maximum absolute atomic E-state index is 5.80. The van der Waals surface area contributed by atoms with E-state index in [4.69, 9.17) is 23.1 Å². The van der Waals surface area contributed by atoms with Crippen molar-refractivity contribution in [3.05, 3.63) is 29.3 Å². The first-order valence-electron chi connectivity index (χ1n) is 4.15. The van der Waals surface area contributed by atoms with Crippen LogP contribution in [0.4, 0.5) is 5.69 Å². The van der Waals surface area contributed by atoms with Crippen molar-refractivity contribution >= 4 is 34.2 Å². The van der Waals surface area contributed by atoms with E-state index in [1.165, 1.54) is 11.8 Å². The van der Waals surface area contributed by atoms with Gasteiger partial charge in [0.1, 0.15) is 0 Å². The lowest BCUT2D eigenvalue weighted by Crippen LogP contribution is -2.10. The average Bonchev–Trinajstić information content (AvgIpc) is 2.15. The third kappa shape index (κ3) is 4.00. The van der Waals surface area contributed by atoms with Gasteiger partial charge in [0.15, 0.2) is 5.17 Å². The predicted octanol–water partition coefficient (Wildman–Crippen LogP) is 1.98. The number of nitrogens with zero attached hydrogens (tertiary/aromatic N) is 1. The van der Waals surface area contributed by atoms with E-state index in [2.05, 4.69) is 4.99 Å². The molecule has 0 aliphatic rings. The molecule has 1 aromatic rings. The predicted molar refractivity (Wildman–Crippen MR) is 64.2 cm³/mol. The molecule has 14 heavy (non-hydrogen) atoms. The van der Waals surface area contributed by atoms with Gasteiger partial charge in [-0.15, -0.1) is 0 Å². The van der Waals surface area contributed by atoms with E-state index in [1.807, 2.05) is 12.1 Å². The van der Waals surface area contributed by atoms with Gasteiger partial charge in [-0.05, 0) is 18.2 Å². The van der Waals surface area contributed by atoms with Gasteiger partial charge in [0, 0.05) is 17.3 Å². The lowest BCUT2D eigenvalue weighted by atomic mass is 10.3. The van der Waals surface area contributed by atoms with Crippen LogP contribution in [0.15, 0.2) is 29.3 Å². The van der Waals surface area contributed by atoms with E-state index in [9.17, 15) is 0 Å². The van der Waals surface area contributed by atoms with Crippen molar-refractivity contribution in [2.75, 3.05) is 12.3 Å². The lowest BCUT2D eigenvalue weighted by molar-refractivity contribution is 1.15. The number of hydrogen-bond acceptors (Lipinski definition) is 3. The van der Waals surface area contributed by atoms with Gasteiger partial charge < -0.3 is 11.5 Å². The lowest BCUT2D eigenvalue weighted by Gasteiger charge is -1.99. The second-order valence-electron chi connectivity index (χ2n) is 2.57. The van der Waals surface area contributed by atoms with Crippen molar-refractivity contribution < 1.29 is 0 Å². The highest BCUT2D eigenvalue weighted by Crippen LogP contribution is 2.18. The highest BCUT2D eigenvalue weighted by molar-refractivity contribution is 8.13. The molecule has 0 amide bonds. The summed E-state index contributed by atoms with van der Waals surface area (Å²) < 4.78 is 0. The third-order valence-electron chi connectivity index (χ3n) is 1.42. The number of amidine groups is 1.